The molecular weight excluding hydrogens is 308 g/mol. The lowest BCUT2D eigenvalue weighted by molar-refractivity contribution is 0.00798. The zero-order valence-electron chi connectivity index (χ0n) is 16.6. The van der Waals surface area contributed by atoms with Crippen LogP contribution in [-0.2, 0) is 9.47 Å². The first-order chi connectivity index (χ1) is 12.3. The molecule has 0 aromatic carbocycles. The molecule has 0 spiro atoms. The summed E-state index contributed by atoms with van der Waals surface area (Å²) in [5.41, 5.74) is 0. The Morgan fingerprint density at radius 1 is 0.840 bits per heavy atom. The summed E-state index contributed by atoms with van der Waals surface area (Å²) in [6.07, 6.45) is 22.2. The van der Waals surface area contributed by atoms with Gasteiger partial charge in [0.05, 0.1) is 18.8 Å². The van der Waals surface area contributed by atoms with E-state index in [0.717, 1.165) is 30.3 Å². The van der Waals surface area contributed by atoms with Crippen molar-refractivity contribution in [2.75, 3.05) is 13.7 Å². The van der Waals surface area contributed by atoms with Crippen molar-refractivity contribution in [3.05, 3.63) is 12.2 Å². The lowest BCUT2D eigenvalue weighted by Crippen LogP contribution is -2.28. The van der Waals surface area contributed by atoms with Crippen LogP contribution in [0.15, 0.2) is 12.2 Å². The van der Waals surface area contributed by atoms with Gasteiger partial charge in [0, 0.05) is 7.11 Å². The summed E-state index contributed by atoms with van der Waals surface area (Å²) >= 11 is 0. The number of methoxy groups -OCH3 is 1. The summed E-state index contributed by atoms with van der Waals surface area (Å²) in [6.45, 7) is 3.27. The van der Waals surface area contributed by atoms with Crippen molar-refractivity contribution < 1.29 is 9.47 Å². The van der Waals surface area contributed by atoms with Crippen LogP contribution in [-0.4, -0.2) is 25.9 Å². The van der Waals surface area contributed by atoms with E-state index < -0.39 is 0 Å². The molecule has 2 atom stereocenters. The van der Waals surface area contributed by atoms with Crippen LogP contribution in [0.5, 0.6) is 0 Å². The summed E-state index contributed by atoms with van der Waals surface area (Å²) in [7, 11) is 1.88. The standard InChI is InChI=1S/C23H40O2/c1-3-4-19-8-14-23(25-17-19)13-7-18-5-9-20(10-6-18)21-11-15-22(24-2)16-12-21/h7,13,18-23H,3-6,8-12,14-17H2,1-2H3/b13-7+. The molecule has 2 saturated carbocycles. The maximum absolute atomic E-state index is 6.07. The molecule has 144 valence electrons. The highest BCUT2D eigenvalue weighted by Crippen LogP contribution is 2.40. The van der Waals surface area contributed by atoms with E-state index in [1.165, 1.54) is 77.0 Å². The molecule has 3 fully saturated rings. The van der Waals surface area contributed by atoms with Crippen molar-refractivity contribution in [1.29, 1.82) is 0 Å². The van der Waals surface area contributed by atoms with E-state index in [9.17, 15) is 0 Å². The van der Waals surface area contributed by atoms with Gasteiger partial charge in [-0.15, -0.1) is 0 Å². The van der Waals surface area contributed by atoms with Crippen molar-refractivity contribution in [2.45, 2.75) is 96.2 Å². The molecule has 2 heteroatoms. The van der Waals surface area contributed by atoms with Gasteiger partial charge in [-0.25, -0.2) is 0 Å². The molecule has 0 radical (unpaired) electrons. The molecule has 1 heterocycles. The van der Waals surface area contributed by atoms with Gasteiger partial charge >= 0.3 is 0 Å². The number of ether oxygens (including phenoxy) is 2. The van der Waals surface area contributed by atoms with Crippen LogP contribution in [0.25, 0.3) is 0 Å². The first-order valence-corrected chi connectivity index (χ1v) is 11.1. The average molecular weight is 349 g/mol. The minimum Gasteiger partial charge on any atom is -0.381 e. The van der Waals surface area contributed by atoms with E-state index in [4.69, 9.17) is 9.47 Å². The maximum Gasteiger partial charge on any atom is 0.0756 e. The molecule has 2 aliphatic carbocycles. The van der Waals surface area contributed by atoms with Crippen LogP contribution in [0.4, 0.5) is 0 Å². The van der Waals surface area contributed by atoms with Gasteiger partial charge in [-0.3, -0.25) is 0 Å². The second-order valence-electron chi connectivity index (χ2n) is 8.94. The molecule has 1 aliphatic heterocycles. The van der Waals surface area contributed by atoms with E-state index in [1.54, 1.807) is 0 Å². The predicted octanol–water partition coefficient (Wildman–Crippen LogP) is 6.15. The fourth-order valence-corrected chi connectivity index (χ4v) is 5.50. The summed E-state index contributed by atoms with van der Waals surface area (Å²) in [5.74, 6) is 3.60. The third kappa shape index (κ3) is 5.82. The lowest BCUT2D eigenvalue weighted by Gasteiger charge is -2.37. The third-order valence-corrected chi connectivity index (χ3v) is 7.24. The van der Waals surface area contributed by atoms with Crippen LogP contribution in [0.2, 0.25) is 0 Å². The van der Waals surface area contributed by atoms with E-state index in [-0.39, 0.29) is 0 Å². The second kappa shape index (κ2) is 10.1. The van der Waals surface area contributed by atoms with Gasteiger partial charge in [-0.2, -0.15) is 0 Å². The molecule has 1 saturated heterocycles. The molecule has 0 aromatic rings. The molecule has 3 aliphatic rings. The molecule has 2 unspecified atom stereocenters. The van der Waals surface area contributed by atoms with Crippen LogP contribution in [0.3, 0.4) is 0 Å². The van der Waals surface area contributed by atoms with Crippen LogP contribution in [0.1, 0.15) is 84.0 Å². The van der Waals surface area contributed by atoms with Gasteiger partial charge < -0.3 is 9.47 Å². The predicted molar refractivity (Wildman–Crippen MR) is 105 cm³/mol. The van der Waals surface area contributed by atoms with Gasteiger partial charge in [-0.1, -0.05) is 25.5 Å². The Balaban J connectivity index is 1.34. The number of rotatable bonds is 6. The Morgan fingerprint density at radius 3 is 2.08 bits per heavy atom. The Bertz CT molecular complexity index is 381. The number of hydrogen-bond donors (Lipinski definition) is 0. The average Bonchev–Trinajstić information content (AvgIpc) is 2.68. The highest BCUT2D eigenvalue weighted by atomic mass is 16.5. The van der Waals surface area contributed by atoms with Crippen molar-refractivity contribution >= 4 is 0 Å². The fourth-order valence-electron chi connectivity index (χ4n) is 5.50. The molecule has 0 amide bonds. The normalized spacial score (nSPS) is 40.4. The number of hydrogen-bond acceptors (Lipinski definition) is 2. The van der Waals surface area contributed by atoms with Crippen LogP contribution < -0.4 is 0 Å². The van der Waals surface area contributed by atoms with E-state index in [0.29, 0.717) is 12.2 Å². The highest BCUT2D eigenvalue weighted by Gasteiger charge is 2.30. The monoisotopic (exact) mass is 348 g/mol. The molecule has 2 nitrogen and oxygen atoms in total. The summed E-state index contributed by atoms with van der Waals surface area (Å²) in [5, 5.41) is 0. The second-order valence-corrected chi connectivity index (χ2v) is 8.94. The first kappa shape index (κ1) is 19.4. The summed E-state index contributed by atoms with van der Waals surface area (Å²) in [4.78, 5) is 0. The molecular formula is C23H40O2. The molecule has 0 bridgehead atoms. The van der Waals surface area contributed by atoms with Crippen molar-refractivity contribution in [1.82, 2.24) is 0 Å². The van der Waals surface area contributed by atoms with Crippen molar-refractivity contribution in [3.63, 3.8) is 0 Å². The minimum absolute atomic E-state index is 0.398. The zero-order chi connectivity index (χ0) is 17.5. The summed E-state index contributed by atoms with van der Waals surface area (Å²) < 4.78 is 11.6. The Labute approximate surface area is 155 Å². The van der Waals surface area contributed by atoms with Gasteiger partial charge in [-0.05, 0) is 94.3 Å². The fraction of sp³-hybridized carbons (Fsp3) is 0.913. The van der Waals surface area contributed by atoms with Gasteiger partial charge in [0.15, 0.2) is 0 Å². The quantitative estimate of drug-likeness (QED) is 0.536. The third-order valence-electron chi connectivity index (χ3n) is 7.24. The number of allylic oxidation sites excluding steroid dienone is 1. The van der Waals surface area contributed by atoms with Crippen LogP contribution in [0, 0.1) is 23.7 Å². The first-order valence-electron chi connectivity index (χ1n) is 11.1. The zero-order valence-corrected chi connectivity index (χ0v) is 16.6. The van der Waals surface area contributed by atoms with E-state index >= 15 is 0 Å². The van der Waals surface area contributed by atoms with Crippen LogP contribution >= 0.6 is 0 Å². The topological polar surface area (TPSA) is 18.5 Å². The lowest BCUT2D eigenvalue weighted by atomic mass is 9.70. The van der Waals surface area contributed by atoms with Crippen molar-refractivity contribution in [2.24, 2.45) is 23.7 Å². The maximum atomic E-state index is 6.07. The molecule has 3 rings (SSSR count). The minimum atomic E-state index is 0.398. The van der Waals surface area contributed by atoms with Crippen molar-refractivity contribution in [3.8, 4) is 0 Å². The Kier molecular flexibility index (Phi) is 7.86. The Morgan fingerprint density at radius 2 is 1.52 bits per heavy atom. The Hall–Kier alpha value is -0.340. The van der Waals surface area contributed by atoms with Gasteiger partial charge in [0.1, 0.15) is 0 Å². The SMILES string of the molecule is CCCC1CCC(/C=C/C2CCC(C3CCC(OC)CC3)CC2)OC1. The molecule has 25 heavy (non-hydrogen) atoms. The van der Waals surface area contributed by atoms with Gasteiger partial charge in [0.25, 0.3) is 0 Å². The largest absolute Gasteiger partial charge is 0.381 e. The highest BCUT2D eigenvalue weighted by molar-refractivity contribution is 4.97. The van der Waals surface area contributed by atoms with E-state index in [1.807, 2.05) is 7.11 Å². The van der Waals surface area contributed by atoms with Gasteiger partial charge in [0.2, 0.25) is 0 Å². The van der Waals surface area contributed by atoms with E-state index in [2.05, 4.69) is 19.1 Å². The summed E-state index contributed by atoms with van der Waals surface area (Å²) in [6, 6.07) is 0. The molecule has 0 N–H and O–H groups in total. The molecule has 0 aromatic heterocycles. The smallest absolute Gasteiger partial charge is 0.0756 e.